The van der Waals surface area contributed by atoms with E-state index in [4.69, 9.17) is 58.0 Å². The molecule has 0 radical (unpaired) electrons. The van der Waals surface area contributed by atoms with Crippen molar-refractivity contribution in [2.75, 3.05) is 11.9 Å². The Bertz CT molecular complexity index is 1170. The topological polar surface area (TPSA) is 75.3 Å². The fourth-order valence-electron chi connectivity index (χ4n) is 3.65. The largest absolute Gasteiger partial charge is 0.390 e. The molecule has 2 aromatic carbocycles. The van der Waals surface area contributed by atoms with Crippen LogP contribution in [-0.4, -0.2) is 34.7 Å². The molecule has 0 heterocycles. The molecule has 13 heteroatoms. The molecule has 3 rings (SSSR count). The predicted molar refractivity (Wildman–Crippen MR) is 134 cm³/mol. The lowest BCUT2D eigenvalue weighted by molar-refractivity contribution is -0.135. The summed E-state index contributed by atoms with van der Waals surface area (Å²) in [7, 11) is 0. The second kappa shape index (κ2) is 11.4. The van der Waals surface area contributed by atoms with Gasteiger partial charge in [0.2, 0.25) is 11.8 Å². The van der Waals surface area contributed by atoms with Gasteiger partial charge in [-0.2, -0.15) is 13.2 Å². The van der Waals surface area contributed by atoms with Gasteiger partial charge in [0.15, 0.2) is 5.78 Å². The van der Waals surface area contributed by atoms with Gasteiger partial charge in [-0.1, -0.05) is 34.8 Å². The molecule has 2 aromatic rings. The highest BCUT2D eigenvalue weighted by atomic mass is 35.5. The number of carbonyl (C=O) groups is 3. The summed E-state index contributed by atoms with van der Waals surface area (Å²) in [4.78, 5) is 37.2. The molecule has 0 saturated heterocycles. The fourth-order valence-corrected chi connectivity index (χ4v) is 5.25. The van der Waals surface area contributed by atoms with Crippen molar-refractivity contribution < 1.29 is 27.6 Å². The molecule has 5 nitrogen and oxygen atoms in total. The highest BCUT2D eigenvalue weighted by Gasteiger charge is 2.67. The number of benzene rings is 2. The van der Waals surface area contributed by atoms with Crippen LogP contribution in [0.2, 0.25) is 15.1 Å². The molecule has 0 aromatic heterocycles. The molecule has 1 aliphatic rings. The van der Waals surface area contributed by atoms with E-state index in [-0.39, 0.29) is 29.1 Å². The van der Waals surface area contributed by atoms with Crippen LogP contribution < -0.4 is 10.6 Å². The molecule has 2 N–H and O–H groups in total. The zero-order chi connectivity index (χ0) is 26.8. The molecule has 0 bridgehead atoms. The second-order valence-corrected chi connectivity index (χ2v) is 10.9. The van der Waals surface area contributed by atoms with Gasteiger partial charge in [-0.25, -0.2) is 0 Å². The smallest absolute Gasteiger partial charge is 0.356 e. The molecule has 2 atom stereocenters. The average Bonchev–Trinajstić information content (AvgIpc) is 3.34. The van der Waals surface area contributed by atoms with Gasteiger partial charge < -0.3 is 10.6 Å². The Balaban J connectivity index is 1.62. The van der Waals surface area contributed by atoms with Gasteiger partial charge in [-0.3, -0.25) is 14.4 Å². The third kappa shape index (κ3) is 7.42. The van der Waals surface area contributed by atoms with Crippen LogP contribution in [0.15, 0.2) is 36.4 Å². The van der Waals surface area contributed by atoms with Crippen molar-refractivity contribution in [2.45, 2.75) is 35.7 Å². The third-order valence-corrected chi connectivity index (χ3v) is 7.13. The van der Waals surface area contributed by atoms with Crippen LogP contribution in [0.3, 0.4) is 0 Å². The first-order valence-electron chi connectivity index (χ1n) is 10.5. The molecule has 1 saturated carbocycles. The van der Waals surface area contributed by atoms with Gasteiger partial charge in [-0.05, 0) is 42.0 Å². The molecule has 1 aliphatic carbocycles. The first kappa shape index (κ1) is 28.9. The zero-order valence-electron chi connectivity index (χ0n) is 18.2. The number of nitrogens with one attached hydrogen (secondary N) is 2. The van der Waals surface area contributed by atoms with Crippen molar-refractivity contribution in [3.63, 3.8) is 0 Å². The van der Waals surface area contributed by atoms with Crippen LogP contribution >= 0.6 is 58.0 Å². The van der Waals surface area contributed by atoms with E-state index in [0.717, 1.165) is 0 Å². The summed E-state index contributed by atoms with van der Waals surface area (Å²) < 4.78 is 35.1. The maximum Gasteiger partial charge on any atom is 0.390 e. The SMILES string of the molecule is O=C(CCC(=O)c1cc(NC(=O)C2C(c3cc(Cl)cc(Cl)c3)C2(Cl)Cl)ccc1Cl)NCCC(F)(F)F. The normalized spacial score (nSPS) is 18.4. The van der Waals surface area contributed by atoms with E-state index in [0.29, 0.717) is 15.6 Å². The molecule has 0 spiro atoms. The number of amides is 2. The predicted octanol–water partition coefficient (Wildman–Crippen LogP) is 7.20. The van der Waals surface area contributed by atoms with Crippen molar-refractivity contribution in [3.05, 3.63) is 62.6 Å². The maximum absolute atomic E-state index is 12.9. The zero-order valence-corrected chi connectivity index (χ0v) is 22.0. The van der Waals surface area contributed by atoms with Crippen molar-refractivity contribution >= 4 is 81.3 Å². The van der Waals surface area contributed by atoms with Gasteiger partial charge in [0, 0.05) is 46.6 Å². The van der Waals surface area contributed by atoms with Gasteiger partial charge in [0.25, 0.3) is 0 Å². The van der Waals surface area contributed by atoms with E-state index in [1.165, 1.54) is 24.3 Å². The van der Waals surface area contributed by atoms with E-state index >= 15 is 0 Å². The Morgan fingerprint density at radius 2 is 1.58 bits per heavy atom. The van der Waals surface area contributed by atoms with Gasteiger partial charge >= 0.3 is 6.18 Å². The van der Waals surface area contributed by atoms with Crippen LogP contribution in [0.5, 0.6) is 0 Å². The standard InChI is InChI=1S/C23H18Cl5F3N2O3/c24-12-7-11(8-13(25)9-12)19-20(23(19,27)28)21(36)33-14-1-2-16(26)15(10-14)17(34)3-4-18(35)32-6-5-22(29,30)31/h1-2,7-10,19-20H,3-6H2,(H,32,35)(H,33,36). The molecule has 194 valence electrons. The highest BCUT2D eigenvalue weighted by molar-refractivity contribution is 6.53. The Morgan fingerprint density at radius 1 is 0.944 bits per heavy atom. The van der Waals surface area contributed by atoms with Crippen molar-refractivity contribution in [3.8, 4) is 0 Å². The summed E-state index contributed by atoms with van der Waals surface area (Å²) >= 11 is 30.9. The number of alkyl halides is 5. The van der Waals surface area contributed by atoms with Crippen molar-refractivity contribution in [1.82, 2.24) is 5.32 Å². The minimum Gasteiger partial charge on any atom is -0.356 e. The number of ketones is 1. The minimum atomic E-state index is -4.39. The highest BCUT2D eigenvalue weighted by Crippen LogP contribution is 2.65. The first-order chi connectivity index (χ1) is 16.7. The van der Waals surface area contributed by atoms with Crippen molar-refractivity contribution in [1.29, 1.82) is 0 Å². The first-order valence-corrected chi connectivity index (χ1v) is 12.4. The van der Waals surface area contributed by atoms with Gasteiger partial charge in [0.1, 0.15) is 4.33 Å². The monoisotopic (exact) mass is 602 g/mol. The Labute approximate surface area is 229 Å². The molecule has 36 heavy (non-hydrogen) atoms. The average molecular weight is 605 g/mol. The number of rotatable bonds is 9. The quantitative estimate of drug-likeness (QED) is 0.235. The van der Waals surface area contributed by atoms with Crippen LogP contribution in [-0.2, 0) is 9.59 Å². The molecule has 1 fully saturated rings. The van der Waals surface area contributed by atoms with E-state index in [2.05, 4.69) is 10.6 Å². The fraction of sp³-hybridized carbons (Fsp3) is 0.348. The lowest BCUT2D eigenvalue weighted by Gasteiger charge is -2.10. The number of Topliss-reactive ketones (excluding diaryl/α,β-unsaturated/α-hetero) is 1. The van der Waals surface area contributed by atoms with E-state index in [1.54, 1.807) is 12.1 Å². The number of carbonyl (C=O) groups excluding carboxylic acids is 3. The maximum atomic E-state index is 12.9. The molecule has 2 amide bonds. The van der Waals surface area contributed by atoms with E-state index < -0.39 is 52.9 Å². The number of hydrogen-bond donors (Lipinski definition) is 2. The van der Waals surface area contributed by atoms with Crippen LogP contribution in [0.4, 0.5) is 18.9 Å². The lowest BCUT2D eigenvalue weighted by atomic mass is 10.1. The Hall–Kier alpha value is -1.71. The van der Waals surface area contributed by atoms with Gasteiger partial charge in [0.05, 0.1) is 17.4 Å². The Kier molecular flexibility index (Phi) is 9.10. The van der Waals surface area contributed by atoms with Crippen LogP contribution in [0.1, 0.15) is 41.1 Å². The van der Waals surface area contributed by atoms with Crippen LogP contribution in [0.25, 0.3) is 0 Å². The van der Waals surface area contributed by atoms with E-state index in [9.17, 15) is 27.6 Å². The van der Waals surface area contributed by atoms with Crippen LogP contribution in [0, 0.1) is 5.92 Å². The minimum absolute atomic E-state index is 0.0366. The molecule has 0 aliphatic heterocycles. The summed E-state index contributed by atoms with van der Waals surface area (Å²) in [6.45, 7) is -0.578. The number of anilines is 1. The van der Waals surface area contributed by atoms with E-state index in [1.807, 2.05) is 0 Å². The summed E-state index contributed by atoms with van der Waals surface area (Å²) in [5.41, 5.74) is 0.869. The summed E-state index contributed by atoms with van der Waals surface area (Å²) in [6, 6.07) is 8.96. The third-order valence-electron chi connectivity index (χ3n) is 5.42. The number of hydrogen-bond acceptors (Lipinski definition) is 3. The Morgan fingerprint density at radius 3 is 2.19 bits per heavy atom. The number of halogens is 8. The lowest BCUT2D eigenvalue weighted by Crippen LogP contribution is -2.28. The molecular weight excluding hydrogens is 587 g/mol. The molecular formula is C23H18Cl5F3N2O3. The summed E-state index contributed by atoms with van der Waals surface area (Å²) in [6.07, 6.45) is -6.17. The van der Waals surface area contributed by atoms with Crippen molar-refractivity contribution in [2.24, 2.45) is 5.92 Å². The second-order valence-electron chi connectivity index (χ2n) is 8.15. The summed E-state index contributed by atoms with van der Waals surface area (Å²) in [5.74, 6) is -3.13. The van der Waals surface area contributed by atoms with Gasteiger partial charge in [-0.15, -0.1) is 23.2 Å². The molecule has 2 unspecified atom stereocenters. The summed E-state index contributed by atoms with van der Waals surface area (Å²) in [5, 5.41) is 5.56.